The van der Waals surface area contributed by atoms with Gasteiger partial charge in [0.25, 0.3) is 0 Å². The van der Waals surface area contributed by atoms with E-state index in [0.29, 0.717) is 5.92 Å². The first-order chi connectivity index (χ1) is 7.07. The predicted molar refractivity (Wildman–Crippen MR) is 70.0 cm³/mol. The van der Waals surface area contributed by atoms with E-state index in [9.17, 15) is 0 Å². The third-order valence-corrected chi connectivity index (χ3v) is 3.20. The molecule has 0 saturated heterocycles. The maximum Gasteiger partial charge on any atom is 0.0706 e. The Morgan fingerprint density at radius 3 is 2.33 bits per heavy atom. The molecule has 0 spiro atoms. The first kappa shape index (κ1) is 14.2. The summed E-state index contributed by atoms with van der Waals surface area (Å²) >= 11 is 1.47. The quantitative estimate of drug-likeness (QED) is 0.795. The summed E-state index contributed by atoms with van der Waals surface area (Å²) in [4.78, 5) is 0. The average Bonchev–Trinajstić information content (AvgIpc) is 2.61. The summed E-state index contributed by atoms with van der Waals surface area (Å²) in [7, 11) is 0. The van der Waals surface area contributed by atoms with Gasteiger partial charge < -0.3 is 5.73 Å². The fourth-order valence-electron chi connectivity index (χ4n) is 1.27. The van der Waals surface area contributed by atoms with Gasteiger partial charge in [-0.2, -0.15) is 4.37 Å². The standard InChI is InChI=1S/C10H16N2S.C2H6/c1-6(2)7(3)10-8(4)12-13-9(10)5-11;1-2/h5-6H,11H2,1-4H3;1-2H3/b9-5+,10-7+;. The van der Waals surface area contributed by atoms with Crippen molar-refractivity contribution in [1.29, 1.82) is 0 Å². The number of hydrogen-bond acceptors (Lipinski definition) is 3. The molecule has 0 aromatic carbocycles. The third kappa shape index (κ3) is 3.34. The van der Waals surface area contributed by atoms with Gasteiger partial charge in [0.2, 0.25) is 0 Å². The SMILES string of the molecule is C/C(=c1/c(C)ns/c1=C/N)C(C)C.CC. The van der Waals surface area contributed by atoms with E-state index in [1.165, 1.54) is 22.3 Å². The minimum Gasteiger partial charge on any atom is -0.403 e. The molecule has 0 aliphatic carbocycles. The van der Waals surface area contributed by atoms with Crippen molar-refractivity contribution in [3.05, 3.63) is 15.4 Å². The molecule has 0 fully saturated rings. The minimum atomic E-state index is 0.550. The summed E-state index contributed by atoms with van der Waals surface area (Å²) in [5.41, 5.74) is 7.99. The Morgan fingerprint density at radius 2 is 1.93 bits per heavy atom. The molecule has 0 unspecified atom stereocenters. The van der Waals surface area contributed by atoms with E-state index < -0.39 is 0 Å². The van der Waals surface area contributed by atoms with E-state index in [4.69, 9.17) is 5.73 Å². The molecule has 1 heterocycles. The van der Waals surface area contributed by atoms with Crippen LogP contribution in [0.1, 0.15) is 40.3 Å². The van der Waals surface area contributed by atoms with E-state index in [1.54, 1.807) is 6.20 Å². The molecule has 0 saturated carbocycles. The first-order valence-electron chi connectivity index (χ1n) is 5.43. The Balaban J connectivity index is 0.000000921. The summed E-state index contributed by atoms with van der Waals surface area (Å²) in [6.07, 6.45) is 1.64. The topological polar surface area (TPSA) is 38.9 Å². The summed E-state index contributed by atoms with van der Waals surface area (Å²) in [5, 5.41) is 1.24. The fourth-order valence-corrected chi connectivity index (χ4v) is 2.06. The molecule has 3 heteroatoms. The van der Waals surface area contributed by atoms with Crippen molar-refractivity contribution in [3.8, 4) is 0 Å². The Hall–Kier alpha value is -0.830. The molecule has 0 atom stereocenters. The van der Waals surface area contributed by atoms with Crippen molar-refractivity contribution in [3.63, 3.8) is 0 Å². The van der Waals surface area contributed by atoms with Crippen LogP contribution in [-0.2, 0) is 0 Å². The number of nitrogens with zero attached hydrogens (tertiary/aromatic N) is 1. The van der Waals surface area contributed by atoms with Crippen LogP contribution in [0.25, 0.3) is 11.8 Å². The molecule has 86 valence electrons. The second-order valence-corrected chi connectivity index (χ2v) is 4.32. The summed E-state index contributed by atoms with van der Waals surface area (Å²) in [5.74, 6) is 0.550. The Morgan fingerprint density at radius 1 is 1.40 bits per heavy atom. The molecule has 2 nitrogen and oxygen atoms in total. The van der Waals surface area contributed by atoms with Gasteiger partial charge in [-0.25, -0.2) is 0 Å². The smallest absolute Gasteiger partial charge is 0.0706 e. The molecule has 0 bridgehead atoms. The van der Waals surface area contributed by atoms with Crippen molar-refractivity contribution in [2.75, 3.05) is 0 Å². The number of nitrogens with two attached hydrogens (primary N) is 1. The average molecular weight is 226 g/mol. The van der Waals surface area contributed by atoms with Crippen LogP contribution < -0.4 is 15.5 Å². The van der Waals surface area contributed by atoms with E-state index in [0.717, 1.165) is 10.2 Å². The van der Waals surface area contributed by atoms with Gasteiger partial charge >= 0.3 is 0 Å². The molecule has 2 N–H and O–H groups in total. The highest BCUT2D eigenvalue weighted by Gasteiger charge is 2.03. The van der Waals surface area contributed by atoms with Gasteiger partial charge in [-0.05, 0) is 31.3 Å². The molecular weight excluding hydrogens is 204 g/mol. The predicted octanol–water partition coefficient (Wildman–Crippen LogP) is 2.00. The maximum atomic E-state index is 5.53. The molecule has 0 radical (unpaired) electrons. The van der Waals surface area contributed by atoms with Crippen molar-refractivity contribution in [1.82, 2.24) is 4.37 Å². The number of aryl methyl sites for hydroxylation is 1. The van der Waals surface area contributed by atoms with Crippen molar-refractivity contribution in [2.45, 2.75) is 41.5 Å². The van der Waals surface area contributed by atoms with E-state index in [1.807, 2.05) is 20.8 Å². The normalized spacial score (nSPS) is 13.7. The number of hydrogen-bond donors (Lipinski definition) is 1. The highest BCUT2D eigenvalue weighted by molar-refractivity contribution is 7.03. The summed E-state index contributed by atoms with van der Waals surface area (Å²) in [6.45, 7) is 12.6. The van der Waals surface area contributed by atoms with Crippen LogP contribution in [0.2, 0.25) is 0 Å². The van der Waals surface area contributed by atoms with Crippen LogP contribution >= 0.6 is 11.5 Å². The minimum absolute atomic E-state index is 0.550. The Bertz CT molecular complexity index is 402. The third-order valence-electron chi connectivity index (χ3n) is 2.30. The first-order valence-corrected chi connectivity index (χ1v) is 6.20. The largest absolute Gasteiger partial charge is 0.403 e. The Kier molecular flexibility index (Phi) is 6.25. The molecule has 1 aromatic rings. The molecule has 0 amide bonds. The van der Waals surface area contributed by atoms with Gasteiger partial charge in [0.15, 0.2) is 0 Å². The van der Waals surface area contributed by atoms with Crippen molar-refractivity contribution < 1.29 is 0 Å². The van der Waals surface area contributed by atoms with Crippen molar-refractivity contribution >= 4 is 23.3 Å². The highest BCUT2D eigenvalue weighted by Crippen LogP contribution is 2.06. The monoisotopic (exact) mass is 226 g/mol. The van der Waals surface area contributed by atoms with Gasteiger partial charge in [-0.3, -0.25) is 0 Å². The second kappa shape index (κ2) is 6.62. The van der Waals surface area contributed by atoms with Gasteiger partial charge in [0.1, 0.15) is 0 Å². The van der Waals surface area contributed by atoms with Crippen LogP contribution in [0, 0.1) is 12.8 Å². The lowest BCUT2D eigenvalue weighted by molar-refractivity contribution is 0.839. The van der Waals surface area contributed by atoms with Gasteiger partial charge in [0.05, 0.1) is 10.2 Å². The lowest BCUT2D eigenvalue weighted by Gasteiger charge is -2.03. The Labute approximate surface area is 96.7 Å². The maximum absolute atomic E-state index is 5.53. The van der Waals surface area contributed by atoms with Crippen LogP contribution in [0.3, 0.4) is 0 Å². The fraction of sp³-hybridized carbons (Fsp3) is 0.583. The number of rotatable bonds is 1. The molecule has 0 aliphatic heterocycles. The van der Waals surface area contributed by atoms with Crippen LogP contribution in [0.15, 0.2) is 0 Å². The number of aromatic nitrogens is 1. The zero-order valence-corrected chi connectivity index (χ0v) is 11.4. The van der Waals surface area contributed by atoms with Crippen LogP contribution in [0.5, 0.6) is 0 Å². The van der Waals surface area contributed by atoms with Gasteiger partial charge in [0, 0.05) is 11.4 Å². The lowest BCUT2D eigenvalue weighted by Crippen LogP contribution is -2.26. The second-order valence-electron chi connectivity index (χ2n) is 3.51. The zero-order chi connectivity index (χ0) is 12.0. The van der Waals surface area contributed by atoms with E-state index in [-0.39, 0.29) is 0 Å². The van der Waals surface area contributed by atoms with E-state index >= 15 is 0 Å². The van der Waals surface area contributed by atoms with Crippen LogP contribution in [-0.4, -0.2) is 4.37 Å². The highest BCUT2D eigenvalue weighted by atomic mass is 32.1. The molecule has 1 aromatic heterocycles. The van der Waals surface area contributed by atoms with Gasteiger partial charge in [-0.1, -0.05) is 33.3 Å². The van der Waals surface area contributed by atoms with E-state index in [2.05, 4.69) is 25.1 Å². The molecular formula is C12H22N2S. The summed E-state index contributed by atoms with van der Waals surface area (Å²) < 4.78 is 5.39. The lowest BCUT2D eigenvalue weighted by atomic mass is 10.0. The molecule has 15 heavy (non-hydrogen) atoms. The summed E-state index contributed by atoms with van der Waals surface area (Å²) in [6, 6.07) is 0. The van der Waals surface area contributed by atoms with Crippen LogP contribution in [0.4, 0.5) is 0 Å². The molecule has 0 aliphatic rings. The molecule has 1 rings (SSSR count). The van der Waals surface area contributed by atoms with Crippen molar-refractivity contribution in [2.24, 2.45) is 11.7 Å². The van der Waals surface area contributed by atoms with Gasteiger partial charge in [-0.15, -0.1) is 0 Å². The zero-order valence-electron chi connectivity index (χ0n) is 10.6.